The molecule has 0 aromatic heterocycles. The first-order valence-corrected chi connectivity index (χ1v) is 5.53. The molecule has 1 heteroatoms. The number of hydrogen-bond donors (Lipinski definition) is 0. The number of aryl methyl sites for hydroxylation is 1. The predicted octanol–water partition coefficient (Wildman–Crippen LogP) is 4.31. The summed E-state index contributed by atoms with van der Waals surface area (Å²) >= 11 is 3.62. The summed E-state index contributed by atoms with van der Waals surface area (Å²) < 4.78 is 1.24. The Labute approximate surface area is 89.5 Å². The summed E-state index contributed by atoms with van der Waals surface area (Å²) in [5, 5.41) is 0. The lowest BCUT2D eigenvalue weighted by atomic mass is 9.86. The summed E-state index contributed by atoms with van der Waals surface area (Å²) in [6.45, 7) is 8.88. The first-order valence-electron chi connectivity index (χ1n) is 4.74. The largest absolute Gasteiger partial charge is 0.0613 e. The van der Waals surface area contributed by atoms with Crippen LogP contribution in [0.4, 0.5) is 0 Å². The van der Waals surface area contributed by atoms with Crippen LogP contribution in [0.25, 0.3) is 0 Å². The zero-order valence-electron chi connectivity index (χ0n) is 8.82. The van der Waals surface area contributed by atoms with Crippen molar-refractivity contribution in [2.24, 2.45) is 0 Å². The Hall–Kier alpha value is -0.300. The molecular formula is C12H17Br. The fourth-order valence-corrected chi connectivity index (χ4v) is 2.41. The van der Waals surface area contributed by atoms with E-state index >= 15 is 0 Å². The highest BCUT2D eigenvalue weighted by Gasteiger charge is 2.16. The van der Waals surface area contributed by atoms with Crippen LogP contribution in [-0.4, -0.2) is 0 Å². The van der Waals surface area contributed by atoms with Gasteiger partial charge >= 0.3 is 0 Å². The summed E-state index contributed by atoms with van der Waals surface area (Å²) in [7, 11) is 0. The first kappa shape index (κ1) is 10.8. The van der Waals surface area contributed by atoms with Crippen LogP contribution in [-0.2, 0) is 11.8 Å². The van der Waals surface area contributed by atoms with Gasteiger partial charge in [0.2, 0.25) is 0 Å². The Bertz CT molecular complexity index is 294. The molecule has 1 rings (SSSR count). The smallest absolute Gasteiger partial charge is 0.0215 e. The summed E-state index contributed by atoms with van der Waals surface area (Å²) in [6.07, 6.45) is 1.10. The van der Waals surface area contributed by atoms with Gasteiger partial charge in [-0.25, -0.2) is 0 Å². The van der Waals surface area contributed by atoms with Crippen LogP contribution in [0.1, 0.15) is 38.8 Å². The van der Waals surface area contributed by atoms with Crippen molar-refractivity contribution < 1.29 is 0 Å². The first-order chi connectivity index (χ1) is 5.95. The van der Waals surface area contributed by atoms with Crippen molar-refractivity contribution in [1.29, 1.82) is 0 Å². The van der Waals surface area contributed by atoms with Crippen molar-refractivity contribution in [3.63, 3.8) is 0 Å². The summed E-state index contributed by atoms with van der Waals surface area (Å²) in [5.74, 6) is 0. The van der Waals surface area contributed by atoms with Crippen molar-refractivity contribution in [3.8, 4) is 0 Å². The molecule has 0 unspecified atom stereocenters. The molecule has 0 fully saturated rings. The van der Waals surface area contributed by atoms with E-state index in [9.17, 15) is 0 Å². The average molecular weight is 241 g/mol. The fraction of sp³-hybridized carbons (Fsp3) is 0.500. The van der Waals surface area contributed by atoms with Crippen LogP contribution in [0.15, 0.2) is 22.7 Å². The summed E-state index contributed by atoms with van der Waals surface area (Å²) in [5.41, 5.74) is 3.00. The maximum absolute atomic E-state index is 3.62. The molecule has 0 spiro atoms. The molecule has 1 aromatic carbocycles. The van der Waals surface area contributed by atoms with Gasteiger partial charge in [0.05, 0.1) is 0 Å². The van der Waals surface area contributed by atoms with Crippen molar-refractivity contribution >= 4 is 15.9 Å². The lowest BCUT2D eigenvalue weighted by Gasteiger charge is -2.21. The number of rotatable bonds is 1. The van der Waals surface area contributed by atoms with Crippen LogP contribution in [0.3, 0.4) is 0 Å². The van der Waals surface area contributed by atoms with Crippen LogP contribution in [0.2, 0.25) is 0 Å². The topological polar surface area (TPSA) is 0 Å². The molecule has 0 heterocycles. The van der Waals surface area contributed by atoms with Gasteiger partial charge in [0.25, 0.3) is 0 Å². The molecule has 0 radical (unpaired) electrons. The Morgan fingerprint density at radius 2 is 1.85 bits per heavy atom. The molecule has 72 valence electrons. The highest BCUT2D eigenvalue weighted by Crippen LogP contribution is 2.30. The van der Waals surface area contributed by atoms with Gasteiger partial charge in [0.15, 0.2) is 0 Å². The lowest BCUT2D eigenvalue weighted by molar-refractivity contribution is 0.587. The van der Waals surface area contributed by atoms with Crippen LogP contribution < -0.4 is 0 Å². The molecule has 13 heavy (non-hydrogen) atoms. The van der Waals surface area contributed by atoms with Crippen molar-refractivity contribution in [2.45, 2.75) is 39.5 Å². The van der Waals surface area contributed by atoms with Gasteiger partial charge in [-0.15, -0.1) is 0 Å². The van der Waals surface area contributed by atoms with Crippen LogP contribution in [0.5, 0.6) is 0 Å². The lowest BCUT2D eigenvalue weighted by Crippen LogP contribution is -2.11. The SMILES string of the molecule is CCc1ccc(C(C)(C)C)c(Br)c1. The van der Waals surface area contributed by atoms with E-state index in [-0.39, 0.29) is 5.41 Å². The van der Waals surface area contributed by atoms with E-state index in [0.29, 0.717) is 0 Å². The standard InChI is InChI=1S/C12H17Br/c1-5-9-6-7-10(11(13)8-9)12(2,3)4/h6-8H,5H2,1-4H3. The second-order valence-electron chi connectivity index (χ2n) is 4.42. The minimum Gasteiger partial charge on any atom is -0.0613 e. The highest BCUT2D eigenvalue weighted by atomic mass is 79.9. The molecule has 0 N–H and O–H groups in total. The molecule has 0 saturated carbocycles. The van der Waals surface area contributed by atoms with E-state index in [0.717, 1.165) is 6.42 Å². The van der Waals surface area contributed by atoms with Crippen LogP contribution in [0, 0.1) is 0 Å². The van der Waals surface area contributed by atoms with E-state index in [1.807, 2.05) is 0 Å². The van der Waals surface area contributed by atoms with Gasteiger partial charge in [-0.3, -0.25) is 0 Å². The molecule has 0 aliphatic carbocycles. The van der Waals surface area contributed by atoms with Gasteiger partial charge in [0.1, 0.15) is 0 Å². The second-order valence-corrected chi connectivity index (χ2v) is 5.27. The maximum Gasteiger partial charge on any atom is 0.0215 e. The van der Waals surface area contributed by atoms with Crippen molar-refractivity contribution in [3.05, 3.63) is 33.8 Å². The van der Waals surface area contributed by atoms with E-state index in [2.05, 4.69) is 61.8 Å². The highest BCUT2D eigenvalue weighted by molar-refractivity contribution is 9.10. The van der Waals surface area contributed by atoms with Gasteiger partial charge in [-0.05, 0) is 29.0 Å². The third-order valence-electron chi connectivity index (χ3n) is 2.25. The Kier molecular flexibility index (Phi) is 3.18. The zero-order valence-corrected chi connectivity index (χ0v) is 10.4. The fourth-order valence-electron chi connectivity index (χ4n) is 1.39. The van der Waals surface area contributed by atoms with Crippen molar-refractivity contribution in [1.82, 2.24) is 0 Å². The number of benzene rings is 1. The molecule has 0 bridgehead atoms. The molecule has 0 amide bonds. The minimum atomic E-state index is 0.227. The quantitative estimate of drug-likeness (QED) is 0.687. The molecule has 0 aliphatic heterocycles. The van der Waals surface area contributed by atoms with Gasteiger partial charge in [-0.2, -0.15) is 0 Å². The van der Waals surface area contributed by atoms with E-state index < -0.39 is 0 Å². The molecular weight excluding hydrogens is 224 g/mol. The Morgan fingerprint density at radius 1 is 1.23 bits per heavy atom. The maximum atomic E-state index is 3.62. The zero-order chi connectivity index (χ0) is 10.1. The van der Waals surface area contributed by atoms with Crippen molar-refractivity contribution in [2.75, 3.05) is 0 Å². The third kappa shape index (κ3) is 2.57. The minimum absolute atomic E-state index is 0.227. The Balaban J connectivity index is 3.13. The van der Waals surface area contributed by atoms with Crippen LogP contribution >= 0.6 is 15.9 Å². The normalized spacial score (nSPS) is 11.8. The van der Waals surface area contributed by atoms with E-state index in [1.54, 1.807) is 0 Å². The van der Waals surface area contributed by atoms with E-state index in [1.165, 1.54) is 15.6 Å². The van der Waals surface area contributed by atoms with Gasteiger partial charge < -0.3 is 0 Å². The molecule has 0 aliphatic rings. The predicted molar refractivity (Wildman–Crippen MR) is 62.2 cm³/mol. The third-order valence-corrected chi connectivity index (χ3v) is 2.91. The number of hydrogen-bond acceptors (Lipinski definition) is 0. The Morgan fingerprint density at radius 3 is 2.23 bits per heavy atom. The average Bonchev–Trinajstić information content (AvgIpc) is 2.01. The summed E-state index contributed by atoms with van der Waals surface area (Å²) in [4.78, 5) is 0. The molecule has 1 aromatic rings. The summed E-state index contributed by atoms with van der Waals surface area (Å²) in [6, 6.07) is 6.66. The van der Waals surface area contributed by atoms with Gasteiger partial charge in [-0.1, -0.05) is 55.8 Å². The molecule has 0 saturated heterocycles. The van der Waals surface area contributed by atoms with Gasteiger partial charge in [0, 0.05) is 4.47 Å². The second kappa shape index (κ2) is 3.83. The monoisotopic (exact) mass is 240 g/mol. The van der Waals surface area contributed by atoms with E-state index in [4.69, 9.17) is 0 Å². The molecule has 0 nitrogen and oxygen atoms in total. The number of halogens is 1. The molecule has 0 atom stereocenters.